The first-order chi connectivity index (χ1) is 17.2. The van der Waals surface area contributed by atoms with Gasteiger partial charge in [-0.05, 0) is 15.4 Å². The summed E-state index contributed by atoms with van der Waals surface area (Å²) in [7, 11) is -1.44. The number of aromatic nitrogens is 2. The Bertz CT molecular complexity index is 1220. The smallest absolute Gasteiger partial charge is 0.330 e. The molecule has 3 aromatic rings. The highest BCUT2D eigenvalue weighted by Crippen LogP contribution is 2.38. The van der Waals surface area contributed by atoms with E-state index < -0.39 is 44.0 Å². The van der Waals surface area contributed by atoms with Gasteiger partial charge in [0.1, 0.15) is 18.2 Å². The van der Waals surface area contributed by atoms with Gasteiger partial charge in [-0.2, -0.15) is 5.48 Å². The van der Waals surface area contributed by atoms with Crippen LogP contribution in [-0.4, -0.2) is 54.9 Å². The first-order valence-electron chi connectivity index (χ1n) is 11.9. The fraction of sp³-hybridized carbons (Fsp3) is 0.385. The van der Waals surface area contributed by atoms with Crippen molar-refractivity contribution in [3.8, 4) is 0 Å². The molecule has 1 aliphatic rings. The van der Waals surface area contributed by atoms with E-state index >= 15 is 0 Å². The number of nitrogens with one attached hydrogen (secondary N) is 2. The Balaban J connectivity index is 1.70. The van der Waals surface area contributed by atoms with E-state index in [1.165, 1.54) is 23.9 Å². The van der Waals surface area contributed by atoms with Crippen LogP contribution in [0.15, 0.2) is 82.5 Å². The van der Waals surface area contributed by atoms with E-state index in [0.29, 0.717) is 0 Å². The Morgan fingerprint density at radius 1 is 1.03 bits per heavy atom. The zero-order valence-corrected chi connectivity index (χ0v) is 21.9. The molecule has 0 saturated carbocycles. The van der Waals surface area contributed by atoms with E-state index in [2.05, 4.69) is 55.5 Å². The van der Waals surface area contributed by atoms with Crippen LogP contribution < -0.4 is 27.1 Å². The van der Waals surface area contributed by atoms with Crippen molar-refractivity contribution in [1.29, 1.82) is 0 Å². The Kier molecular flexibility index (Phi) is 7.74. The van der Waals surface area contributed by atoms with Gasteiger partial charge in [0, 0.05) is 12.3 Å². The number of H-pyrrole nitrogens is 1. The van der Waals surface area contributed by atoms with E-state index in [0.717, 1.165) is 10.4 Å². The van der Waals surface area contributed by atoms with Crippen LogP contribution in [-0.2, 0) is 14.0 Å². The molecule has 36 heavy (non-hydrogen) atoms. The van der Waals surface area contributed by atoms with Crippen molar-refractivity contribution < 1.29 is 19.1 Å². The molecule has 1 fully saturated rings. The molecule has 1 aliphatic heterocycles. The molecule has 4 atom stereocenters. The minimum absolute atomic E-state index is 0.0882. The molecule has 0 radical (unpaired) electrons. The number of aliphatic hydroxyl groups excluding tert-OH is 1. The highest BCUT2D eigenvalue weighted by molar-refractivity contribution is 6.99. The number of aromatic amines is 1. The molecule has 4 rings (SSSR count). The first kappa shape index (κ1) is 26.2. The van der Waals surface area contributed by atoms with Crippen LogP contribution in [0.4, 0.5) is 0 Å². The van der Waals surface area contributed by atoms with E-state index in [1.807, 2.05) is 36.4 Å². The normalized spacial score (nSPS) is 22.6. The van der Waals surface area contributed by atoms with Crippen LogP contribution in [0.3, 0.4) is 0 Å². The summed E-state index contributed by atoms with van der Waals surface area (Å²) in [6, 6.07) is 20.8. The number of nitrogens with zero attached hydrogens (tertiary/aromatic N) is 1. The van der Waals surface area contributed by atoms with E-state index in [4.69, 9.17) is 14.0 Å². The van der Waals surface area contributed by atoms with Crippen LogP contribution in [0.2, 0.25) is 5.04 Å². The SMILES string of the molecule is CONC1C(O)[C@H](CO[Si](c2ccccc2)(c2ccccc2)C(C)(C)C)O[C@@H]1n1ccc(=O)[nH]c1=O. The van der Waals surface area contributed by atoms with Crippen LogP contribution in [0, 0.1) is 0 Å². The summed E-state index contributed by atoms with van der Waals surface area (Å²) >= 11 is 0. The van der Waals surface area contributed by atoms with Crippen molar-refractivity contribution >= 4 is 18.7 Å². The fourth-order valence-electron chi connectivity index (χ4n) is 4.98. The lowest BCUT2D eigenvalue weighted by Crippen LogP contribution is -2.67. The quantitative estimate of drug-likeness (QED) is 0.304. The predicted molar refractivity (Wildman–Crippen MR) is 139 cm³/mol. The molecule has 2 heterocycles. The minimum Gasteiger partial charge on any atom is -0.405 e. The Morgan fingerprint density at radius 2 is 1.61 bits per heavy atom. The summed E-state index contributed by atoms with van der Waals surface area (Å²) in [6.45, 7) is 6.60. The van der Waals surface area contributed by atoms with Gasteiger partial charge >= 0.3 is 5.69 Å². The summed E-state index contributed by atoms with van der Waals surface area (Å²) in [5, 5.41) is 13.1. The maximum absolute atomic E-state index is 12.5. The van der Waals surface area contributed by atoms with Crippen molar-refractivity contribution in [1.82, 2.24) is 15.0 Å². The second-order valence-corrected chi connectivity index (χ2v) is 14.2. The lowest BCUT2D eigenvalue weighted by Gasteiger charge is -2.43. The second kappa shape index (κ2) is 10.6. The third kappa shape index (κ3) is 4.88. The highest BCUT2D eigenvalue weighted by Gasteiger charge is 2.52. The van der Waals surface area contributed by atoms with E-state index in [9.17, 15) is 14.7 Å². The third-order valence-electron chi connectivity index (χ3n) is 6.63. The van der Waals surface area contributed by atoms with Crippen molar-refractivity contribution in [3.05, 3.63) is 93.8 Å². The van der Waals surface area contributed by atoms with Gasteiger partial charge in [-0.1, -0.05) is 81.4 Å². The second-order valence-electron chi connectivity index (χ2n) is 9.90. The highest BCUT2D eigenvalue weighted by atomic mass is 28.4. The number of hydroxylamine groups is 1. The standard InChI is InChI=1S/C26H33N3O6Si/c1-26(2,3)36(18-11-7-5-8-12-18,19-13-9-6-10-14-19)34-17-20-23(31)22(28-33-4)24(35-20)29-16-15-21(30)27-25(29)32/h5-16,20,22-24,28,31H,17H2,1-4H3,(H,27,30,32)/t20-,22?,23?,24-/m0/s1. The molecule has 0 bridgehead atoms. The summed E-state index contributed by atoms with van der Waals surface area (Å²) in [4.78, 5) is 31.3. The molecule has 2 unspecified atom stereocenters. The Hall–Kier alpha value is -2.86. The van der Waals surface area contributed by atoms with Gasteiger partial charge in [0.25, 0.3) is 13.9 Å². The molecule has 1 aromatic heterocycles. The summed E-state index contributed by atoms with van der Waals surface area (Å²) < 4.78 is 14.3. The summed E-state index contributed by atoms with van der Waals surface area (Å²) in [5.41, 5.74) is 1.58. The largest absolute Gasteiger partial charge is 0.405 e. The molecule has 9 nitrogen and oxygen atoms in total. The molecule has 0 spiro atoms. The maximum Gasteiger partial charge on any atom is 0.330 e. The number of hydrogen-bond acceptors (Lipinski definition) is 7. The molecule has 0 amide bonds. The monoisotopic (exact) mass is 511 g/mol. The van der Waals surface area contributed by atoms with Crippen LogP contribution >= 0.6 is 0 Å². The van der Waals surface area contributed by atoms with E-state index in [-0.39, 0.29) is 11.6 Å². The van der Waals surface area contributed by atoms with Gasteiger partial charge < -0.3 is 19.1 Å². The van der Waals surface area contributed by atoms with Gasteiger partial charge in [0.15, 0.2) is 6.23 Å². The maximum atomic E-state index is 12.5. The van der Waals surface area contributed by atoms with Gasteiger partial charge in [-0.15, -0.1) is 0 Å². The van der Waals surface area contributed by atoms with Gasteiger partial charge in [0.2, 0.25) is 0 Å². The lowest BCUT2D eigenvalue weighted by atomic mass is 10.1. The molecule has 192 valence electrons. The fourth-order valence-corrected chi connectivity index (χ4v) is 9.55. The predicted octanol–water partition coefficient (Wildman–Crippen LogP) is 0.891. The molecule has 3 N–H and O–H groups in total. The number of benzene rings is 2. The molecule has 2 aromatic carbocycles. The van der Waals surface area contributed by atoms with Crippen LogP contribution in [0.5, 0.6) is 0 Å². The average molecular weight is 512 g/mol. The first-order valence-corrected chi connectivity index (χ1v) is 13.8. The summed E-state index contributed by atoms with van der Waals surface area (Å²) in [5.74, 6) is 0. The zero-order chi connectivity index (χ0) is 25.9. The Labute approximate surface area is 210 Å². The topological polar surface area (TPSA) is 115 Å². The van der Waals surface area contributed by atoms with Crippen molar-refractivity contribution in [2.75, 3.05) is 13.7 Å². The Morgan fingerprint density at radius 3 is 2.11 bits per heavy atom. The number of ether oxygens (including phenoxy) is 1. The number of aliphatic hydroxyl groups is 1. The number of rotatable bonds is 8. The van der Waals surface area contributed by atoms with E-state index in [1.54, 1.807) is 0 Å². The van der Waals surface area contributed by atoms with Gasteiger partial charge in [-0.25, -0.2) is 4.79 Å². The molecule has 10 heteroatoms. The summed E-state index contributed by atoms with van der Waals surface area (Å²) in [6.07, 6.45) is -1.39. The third-order valence-corrected chi connectivity index (χ3v) is 11.6. The van der Waals surface area contributed by atoms with Gasteiger partial charge in [0.05, 0.1) is 13.7 Å². The van der Waals surface area contributed by atoms with Gasteiger partial charge in [-0.3, -0.25) is 14.3 Å². The zero-order valence-electron chi connectivity index (χ0n) is 20.9. The number of hydrogen-bond donors (Lipinski definition) is 3. The lowest BCUT2D eigenvalue weighted by molar-refractivity contribution is -0.0499. The van der Waals surface area contributed by atoms with Crippen LogP contribution in [0.25, 0.3) is 0 Å². The van der Waals surface area contributed by atoms with Crippen molar-refractivity contribution in [2.24, 2.45) is 0 Å². The minimum atomic E-state index is -2.87. The molecular formula is C26H33N3O6Si. The molecule has 0 aliphatic carbocycles. The average Bonchev–Trinajstić information content (AvgIpc) is 3.15. The van der Waals surface area contributed by atoms with Crippen LogP contribution in [0.1, 0.15) is 27.0 Å². The molecule has 1 saturated heterocycles. The van der Waals surface area contributed by atoms with Crippen molar-refractivity contribution in [2.45, 2.75) is 50.3 Å². The van der Waals surface area contributed by atoms with Crippen molar-refractivity contribution in [3.63, 3.8) is 0 Å². The molecular weight excluding hydrogens is 478 g/mol.